The topological polar surface area (TPSA) is 61.0 Å². The van der Waals surface area contributed by atoms with Crippen molar-refractivity contribution in [2.45, 2.75) is 24.8 Å². The number of benzene rings is 1. The second kappa shape index (κ2) is 7.33. The van der Waals surface area contributed by atoms with Crippen LogP contribution >= 0.6 is 0 Å². The van der Waals surface area contributed by atoms with E-state index in [-0.39, 0.29) is 12.8 Å². The maximum Gasteiger partial charge on any atom is 0.523 e. The Morgan fingerprint density at radius 3 is 2.72 bits per heavy atom. The lowest BCUT2D eigenvalue weighted by atomic mass is 9.83. The van der Waals surface area contributed by atoms with E-state index in [1.165, 1.54) is 6.08 Å². The van der Waals surface area contributed by atoms with Gasteiger partial charge in [0.2, 0.25) is 0 Å². The Bertz CT molecular complexity index is 1090. The van der Waals surface area contributed by atoms with Gasteiger partial charge in [0.25, 0.3) is 0 Å². The number of para-hydroxylation sites is 1. The van der Waals surface area contributed by atoms with Gasteiger partial charge in [-0.05, 0) is 29.3 Å². The molecule has 4 rings (SSSR count). The monoisotopic (exact) mass is 397 g/mol. The number of hydrogen-bond donors (Lipinski definition) is 1. The fraction of sp³-hybridized carbons (Fsp3) is 0.182. The fourth-order valence-corrected chi connectivity index (χ4v) is 3.61. The quantitative estimate of drug-likeness (QED) is 0.624. The summed E-state index contributed by atoms with van der Waals surface area (Å²) in [4.78, 5) is 8.59. The molecule has 4 nitrogen and oxygen atoms in total. The molecule has 1 aliphatic rings. The SMILES string of the molecule is Nc1cccc2ccc(C3=CC=CC(Cc4cccnc4)(OC(F)(F)F)C3)nc12. The van der Waals surface area contributed by atoms with E-state index < -0.39 is 12.0 Å². The highest BCUT2D eigenvalue weighted by atomic mass is 19.4. The van der Waals surface area contributed by atoms with Gasteiger partial charge in [-0.3, -0.25) is 9.72 Å². The number of nitrogens with two attached hydrogens (primary N) is 1. The summed E-state index contributed by atoms with van der Waals surface area (Å²) in [6.45, 7) is 0. The molecule has 1 aromatic carbocycles. The van der Waals surface area contributed by atoms with Gasteiger partial charge in [-0.1, -0.05) is 42.5 Å². The maximum absolute atomic E-state index is 13.3. The third-order valence-electron chi connectivity index (χ3n) is 4.81. The molecule has 3 aromatic rings. The second-order valence-electron chi connectivity index (χ2n) is 6.99. The van der Waals surface area contributed by atoms with Gasteiger partial charge in [-0.2, -0.15) is 0 Å². The molecule has 0 aliphatic heterocycles. The van der Waals surface area contributed by atoms with E-state index in [9.17, 15) is 13.2 Å². The number of hydrogen-bond acceptors (Lipinski definition) is 4. The predicted molar refractivity (Wildman–Crippen MR) is 106 cm³/mol. The lowest BCUT2D eigenvalue weighted by Crippen LogP contribution is -2.40. The van der Waals surface area contributed by atoms with Gasteiger partial charge in [-0.15, -0.1) is 13.2 Å². The summed E-state index contributed by atoms with van der Waals surface area (Å²) in [5.74, 6) is 0. The summed E-state index contributed by atoms with van der Waals surface area (Å²) in [5, 5.41) is 0.869. The minimum absolute atomic E-state index is 0.0170. The Morgan fingerprint density at radius 2 is 1.97 bits per heavy atom. The number of alkyl halides is 3. The molecule has 0 amide bonds. The third kappa shape index (κ3) is 4.30. The van der Waals surface area contributed by atoms with Crippen LogP contribution in [0, 0.1) is 0 Å². The zero-order chi connectivity index (χ0) is 20.5. The number of allylic oxidation sites excluding steroid dienone is 2. The molecule has 0 bridgehead atoms. The van der Waals surface area contributed by atoms with Crippen LogP contribution in [0.4, 0.5) is 18.9 Å². The Morgan fingerprint density at radius 1 is 1.10 bits per heavy atom. The molecule has 0 fully saturated rings. The van der Waals surface area contributed by atoms with Gasteiger partial charge in [0, 0.05) is 30.6 Å². The number of aromatic nitrogens is 2. The molecule has 0 radical (unpaired) electrons. The van der Waals surface area contributed by atoms with Crippen molar-refractivity contribution in [3.8, 4) is 0 Å². The average molecular weight is 397 g/mol. The first-order valence-electron chi connectivity index (χ1n) is 9.03. The first kappa shape index (κ1) is 19.1. The number of halogens is 3. The van der Waals surface area contributed by atoms with Crippen LogP contribution in [-0.4, -0.2) is 21.9 Å². The van der Waals surface area contributed by atoms with Gasteiger partial charge in [-0.25, -0.2) is 4.98 Å². The lowest BCUT2D eigenvalue weighted by Gasteiger charge is -2.34. The number of nitrogens with zero attached hydrogens (tertiary/aromatic N) is 2. The molecule has 2 heterocycles. The number of fused-ring (bicyclic) bond motifs is 1. The standard InChI is InChI=1S/C22H18F3N3O/c23-22(24,25)29-21(12-15-4-3-11-27-14-15)10-2-6-17(13-21)19-9-8-16-5-1-7-18(26)20(16)28-19/h1-11,14H,12-13,26H2. The first-order chi connectivity index (χ1) is 13.8. The van der Waals surface area contributed by atoms with E-state index in [1.807, 2.05) is 18.2 Å². The van der Waals surface area contributed by atoms with Gasteiger partial charge < -0.3 is 5.73 Å². The third-order valence-corrected chi connectivity index (χ3v) is 4.81. The van der Waals surface area contributed by atoms with Crippen molar-refractivity contribution >= 4 is 22.2 Å². The largest absolute Gasteiger partial charge is 0.523 e. The molecule has 0 spiro atoms. The van der Waals surface area contributed by atoms with Crippen molar-refractivity contribution in [1.29, 1.82) is 0 Å². The minimum Gasteiger partial charge on any atom is -0.397 e. The van der Waals surface area contributed by atoms with Gasteiger partial charge in [0.1, 0.15) is 5.60 Å². The highest BCUT2D eigenvalue weighted by Gasteiger charge is 2.43. The van der Waals surface area contributed by atoms with E-state index >= 15 is 0 Å². The minimum atomic E-state index is -4.78. The molecule has 0 saturated heterocycles. The Labute approximate surface area is 165 Å². The number of anilines is 1. The molecule has 7 heteroatoms. The van der Waals surface area contributed by atoms with Gasteiger partial charge in [0.15, 0.2) is 0 Å². The molecule has 0 saturated carbocycles. The molecule has 29 heavy (non-hydrogen) atoms. The van der Waals surface area contributed by atoms with Crippen molar-refractivity contribution < 1.29 is 17.9 Å². The fourth-order valence-electron chi connectivity index (χ4n) is 3.61. The number of rotatable bonds is 4. The zero-order valence-electron chi connectivity index (χ0n) is 15.4. The Balaban J connectivity index is 1.70. The summed E-state index contributed by atoms with van der Waals surface area (Å²) < 4.78 is 44.4. The Kier molecular flexibility index (Phi) is 4.84. The highest BCUT2D eigenvalue weighted by Crippen LogP contribution is 2.39. The van der Waals surface area contributed by atoms with Gasteiger partial charge in [0.05, 0.1) is 16.9 Å². The second-order valence-corrected chi connectivity index (χ2v) is 6.99. The maximum atomic E-state index is 13.3. The lowest BCUT2D eigenvalue weighted by molar-refractivity contribution is -0.357. The predicted octanol–water partition coefficient (Wildman–Crippen LogP) is 5.07. The van der Waals surface area contributed by atoms with Crippen molar-refractivity contribution in [2.75, 3.05) is 5.73 Å². The van der Waals surface area contributed by atoms with E-state index in [2.05, 4.69) is 14.7 Å². The molecule has 1 aliphatic carbocycles. The molecule has 1 atom stereocenters. The van der Waals surface area contributed by atoms with Crippen LogP contribution in [0.1, 0.15) is 17.7 Å². The van der Waals surface area contributed by atoms with Crippen molar-refractivity contribution in [2.24, 2.45) is 0 Å². The van der Waals surface area contributed by atoms with Crippen LogP contribution in [0.5, 0.6) is 0 Å². The van der Waals surface area contributed by atoms with Crippen LogP contribution < -0.4 is 5.73 Å². The van der Waals surface area contributed by atoms with E-state index in [4.69, 9.17) is 5.73 Å². The number of pyridine rings is 2. The van der Waals surface area contributed by atoms with Crippen LogP contribution in [0.2, 0.25) is 0 Å². The summed E-state index contributed by atoms with van der Waals surface area (Å²) >= 11 is 0. The molecular weight excluding hydrogens is 379 g/mol. The molecule has 2 aromatic heterocycles. The normalized spacial score (nSPS) is 19.3. The van der Waals surface area contributed by atoms with Crippen LogP contribution in [0.25, 0.3) is 16.5 Å². The summed E-state index contributed by atoms with van der Waals surface area (Å²) in [6.07, 6.45) is 3.18. The molecule has 1 unspecified atom stereocenters. The summed E-state index contributed by atoms with van der Waals surface area (Å²) in [6, 6.07) is 12.5. The molecular formula is C22H18F3N3O. The number of nitrogen functional groups attached to an aromatic ring is 1. The smallest absolute Gasteiger partial charge is 0.397 e. The van der Waals surface area contributed by atoms with E-state index in [0.717, 1.165) is 5.39 Å². The van der Waals surface area contributed by atoms with E-state index in [0.29, 0.717) is 28.0 Å². The Hall–Kier alpha value is -3.19. The van der Waals surface area contributed by atoms with Crippen molar-refractivity contribution in [3.63, 3.8) is 0 Å². The highest BCUT2D eigenvalue weighted by molar-refractivity contribution is 5.90. The molecule has 2 N–H and O–H groups in total. The summed E-state index contributed by atoms with van der Waals surface area (Å²) in [7, 11) is 0. The van der Waals surface area contributed by atoms with E-state index in [1.54, 1.807) is 48.8 Å². The van der Waals surface area contributed by atoms with Crippen LogP contribution in [0.15, 0.2) is 73.1 Å². The number of ether oxygens (including phenoxy) is 1. The van der Waals surface area contributed by atoms with Crippen LogP contribution in [-0.2, 0) is 11.2 Å². The van der Waals surface area contributed by atoms with Crippen LogP contribution in [0.3, 0.4) is 0 Å². The first-order valence-corrected chi connectivity index (χ1v) is 9.03. The molecule has 148 valence electrons. The zero-order valence-corrected chi connectivity index (χ0v) is 15.4. The summed E-state index contributed by atoms with van der Waals surface area (Å²) in [5.41, 5.74) is 7.44. The van der Waals surface area contributed by atoms with Gasteiger partial charge >= 0.3 is 6.36 Å². The van der Waals surface area contributed by atoms with Crippen molar-refractivity contribution in [1.82, 2.24) is 9.97 Å². The van der Waals surface area contributed by atoms with Crippen molar-refractivity contribution in [3.05, 3.63) is 84.3 Å². The average Bonchev–Trinajstić information content (AvgIpc) is 2.67.